The van der Waals surface area contributed by atoms with E-state index in [1.54, 1.807) is 6.33 Å². The van der Waals surface area contributed by atoms with Gasteiger partial charge in [-0.25, -0.2) is 9.97 Å². The average Bonchev–Trinajstić information content (AvgIpc) is 3.29. The number of aromatic nitrogens is 4. The van der Waals surface area contributed by atoms with Gasteiger partial charge in [-0.05, 0) is 63.9 Å². The Morgan fingerprint density at radius 3 is 2.66 bits per heavy atom. The summed E-state index contributed by atoms with van der Waals surface area (Å²) in [6, 6.07) is 8.19. The SMILES string of the molecule is CC1(Oc2ccc3[nH]nc(-c4cc(N5CC6(CCNCC6)C5)ncn4)c3c2)CC1. The van der Waals surface area contributed by atoms with Gasteiger partial charge in [-0.1, -0.05) is 0 Å². The molecule has 3 aromatic rings. The van der Waals surface area contributed by atoms with E-state index in [1.165, 1.54) is 12.8 Å². The molecule has 7 nitrogen and oxygen atoms in total. The highest BCUT2D eigenvalue weighted by Crippen LogP contribution is 2.42. The largest absolute Gasteiger partial charge is 0.488 e. The van der Waals surface area contributed by atoms with Crippen molar-refractivity contribution < 1.29 is 4.74 Å². The van der Waals surface area contributed by atoms with Crippen LogP contribution in [0.2, 0.25) is 0 Å². The molecule has 3 aliphatic rings. The molecule has 0 amide bonds. The molecule has 0 bridgehead atoms. The second kappa shape index (κ2) is 6.16. The lowest BCUT2D eigenvalue weighted by atomic mass is 9.72. The predicted octanol–water partition coefficient (Wildman–Crippen LogP) is 3.14. The minimum atomic E-state index is 0.00175. The summed E-state index contributed by atoms with van der Waals surface area (Å²) in [5, 5.41) is 12.2. The first-order valence-corrected chi connectivity index (χ1v) is 10.6. The summed E-state index contributed by atoms with van der Waals surface area (Å²) in [5.74, 6) is 1.89. The molecule has 2 aromatic heterocycles. The summed E-state index contributed by atoms with van der Waals surface area (Å²) in [4.78, 5) is 11.4. The van der Waals surface area contributed by atoms with Crippen molar-refractivity contribution in [2.45, 2.75) is 38.2 Å². The van der Waals surface area contributed by atoms with Gasteiger partial charge in [0.15, 0.2) is 0 Å². The zero-order valence-corrected chi connectivity index (χ0v) is 16.7. The molecule has 3 fully saturated rings. The Morgan fingerprint density at radius 2 is 1.86 bits per heavy atom. The van der Waals surface area contributed by atoms with Crippen LogP contribution in [0.1, 0.15) is 32.6 Å². The summed E-state index contributed by atoms with van der Waals surface area (Å²) >= 11 is 0. The van der Waals surface area contributed by atoms with Crippen LogP contribution in [-0.4, -0.2) is 51.9 Å². The van der Waals surface area contributed by atoms with Crippen LogP contribution in [0.5, 0.6) is 5.75 Å². The Kier molecular flexibility index (Phi) is 3.66. The first-order valence-electron chi connectivity index (χ1n) is 10.6. The number of rotatable bonds is 4. The number of nitrogens with one attached hydrogen (secondary N) is 2. The van der Waals surface area contributed by atoms with E-state index in [0.717, 1.165) is 72.9 Å². The normalized spacial score (nSPS) is 21.9. The van der Waals surface area contributed by atoms with Crippen LogP contribution in [0.4, 0.5) is 5.82 Å². The van der Waals surface area contributed by atoms with E-state index in [2.05, 4.69) is 49.4 Å². The van der Waals surface area contributed by atoms with Crippen molar-refractivity contribution in [2.24, 2.45) is 5.41 Å². The number of piperidine rings is 1. The molecular formula is C22H26N6O. The van der Waals surface area contributed by atoms with Crippen LogP contribution < -0.4 is 15.0 Å². The van der Waals surface area contributed by atoms with Gasteiger partial charge in [-0.2, -0.15) is 5.10 Å². The fourth-order valence-electron chi connectivity index (χ4n) is 4.66. The van der Waals surface area contributed by atoms with Gasteiger partial charge in [-0.3, -0.25) is 5.10 Å². The van der Waals surface area contributed by atoms with Gasteiger partial charge in [0, 0.05) is 30.0 Å². The van der Waals surface area contributed by atoms with E-state index in [4.69, 9.17) is 4.74 Å². The number of nitrogens with zero attached hydrogens (tertiary/aromatic N) is 4. The topological polar surface area (TPSA) is 79.0 Å². The summed E-state index contributed by atoms with van der Waals surface area (Å²) in [6.07, 6.45) is 6.41. The Balaban J connectivity index is 1.28. The molecule has 0 unspecified atom stereocenters. The predicted molar refractivity (Wildman–Crippen MR) is 112 cm³/mol. The van der Waals surface area contributed by atoms with E-state index in [1.807, 2.05) is 12.1 Å². The Bertz CT molecular complexity index is 1060. The van der Waals surface area contributed by atoms with Crippen molar-refractivity contribution in [1.29, 1.82) is 0 Å². The molecular weight excluding hydrogens is 364 g/mol. The van der Waals surface area contributed by atoms with E-state index in [0.29, 0.717) is 5.41 Å². The average molecular weight is 390 g/mol. The fraction of sp³-hybridized carbons (Fsp3) is 0.500. The number of anilines is 1. The molecule has 0 atom stereocenters. The van der Waals surface area contributed by atoms with Crippen LogP contribution >= 0.6 is 0 Å². The van der Waals surface area contributed by atoms with Gasteiger partial charge in [-0.15, -0.1) is 0 Å². The number of hydrogen-bond acceptors (Lipinski definition) is 6. The minimum absolute atomic E-state index is 0.00175. The smallest absolute Gasteiger partial charge is 0.132 e. The van der Waals surface area contributed by atoms with E-state index in [-0.39, 0.29) is 5.60 Å². The van der Waals surface area contributed by atoms with Crippen LogP contribution in [0.25, 0.3) is 22.3 Å². The molecule has 29 heavy (non-hydrogen) atoms. The highest BCUT2D eigenvalue weighted by molar-refractivity contribution is 5.93. The third kappa shape index (κ3) is 3.04. The summed E-state index contributed by atoms with van der Waals surface area (Å²) in [6.45, 7) is 6.59. The standard InChI is InChI=1S/C22H26N6O/c1-21(4-5-21)29-15-2-3-17-16(10-15)20(27-26-17)18-11-19(25-14-24-18)28-12-22(13-28)6-8-23-9-7-22/h2-3,10-11,14,23H,4-9,12-13H2,1H3,(H,26,27). The summed E-state index contributed by atoms with van der Waals surface area (Å²) in [7, 11) is 0. The monoisotopic (exact) mass is 390 g/mol. The van der Waals surface area contributed by atoms with Crippen molar-refractivity contribution in [3.05, 3.63) is 30.6 Å². The van der Waals surface area contributed by atoms with E-state index < -0.39 is 0 Å². The third-order valence-electron chi connectivity index (χ3n) is 6.79. The summed E-state index contributed by atoms with van der Waals surface area (Å²) < 4.78 is 6.15. The van der Waals surface area contributed by atoms with Crippen molar-refractivity contribution in [3.63, 3.8) is 0 Å². The molecule has 1 aromatic carbocycles. The van der Waals surface area contributed by atoms with E-state index in [9.17, 15) is 0 Å². The number of aromatic amines is 1. The molecule has 150 valence electrons. The number of fused-ring (bicyclic) bond motifs is 1. The van der Waals surface area contributed by atoms with Crippen LogP contribution in [0.15, 0.2) is 30.6 Å². The molecule has 2 saturated heterocycles. The van der Waals surface area contributed by atoms with Crippen LogP contribution in [0.3, 0.4) is 0 Å². The van der Waals surface area contributed by atoms with Crippen molar-refractivity contribution in [1.82, 2.24) is 25.5 Å². The first kappa shape index (κ1) is 17.2. The van der Waals surface area contributed by atoms with Crippen molar-refractivity contribution in [3.8, 4) is 17.1 Å². The molecule has 7 heteroatoms. The fourth-order valence-corrected chi connectivity index (χ4v) is 4.66. The zero-order valence-electron chi connectivity index (χ0n) is 16.7. The molecule has 1 aliphatic carbocycles. The number of ether oxygens (including phenoxy) is 1. The second-order valence-corrected chi connectivity index (χ2v) is 9.20. The van der Waals surface area contributed by atoms with Crippen molar-refractivity contribution in [2.75, 3.05) is 31.1 Å². The minimum Gasteiger partial charge on any atom is -0.488 e. The number of hydrogen-bond donors (Lipinski definition) is 2. The molecule has 2 aliphatic heterocycles. The van der Waals surface area contributed by atoms with Crippen LogP contribution in [-0.2, 0) is 0 Å². The van der Waals surface area contributed by atoms with Gasteiger partial charge < -0.3 is 15.0 Å². The third-order valence-corrected chi connectivity index (χ3v) is 6.79. The van der Waals surface area contributed by atoms with Gasteiger partial charge in [0.2, 0.25) is 0 Å². The Labute approximate surface area is 169 Å². The maximum atomic E-state index is 6.15. The number of benzene rings is 1. The molecule has 2 N–H and O–H groups in total. The zero-order chi connectivity index (χ0) is 19.5. The molecule has 1 saturated carbocycles. The number of H-pyrrole nitrogens is 1. The summed E-state index contributed by atoms with van der Waals surface area (Å²) in [5.41, 5.74) is 3.17. The second-order valence-electron chi connectivity index (χ2n) is 9.20. The lowest BCUT2D eigenvalue weighted by Gasteiger charge is -2.53. The molecule has 6 rings (SSSR count). The lowest BCUT2D eigenvalue weighted by Crippen LogP contribution is -2.60. The highest BCUT2D eigenvalue weighted by atomic mass is 16.5. The highest BCUT2D eigenvalue weighted by Gasteiger charge is 2.44. The van der Waals surface area contributed by atoms with Crippen molar-refractivity contribution >= 4 is 16.7 Å². The van der Waals surface area contributed by atoms with Gasteiger partial charge in [0.1, 0.15) is 29.2 Å². The maximum absolute atomic E-state index is 6.15. The molecule has 1 spiro atoms. The van der Waals surface area contributed by atoms with Gasteiger partial charge in [0.05, 0.1) is 11.2 Å². The van der Waals surface area contributed by atoms with E-state index >= 15 is 0 Å². The van der Waals surface area contributed by atoms with Crippen LogP contribution in [0, 0.1) is 5.41 Å². The van der Waals surface area contributed by atoms with Gasteiger partial charge >= 0.3 is 0 Å². The van der Waals surface area contributed by atoms with Gasteiger partial charge in [0.25, 0.3) is 0 Å². The lowest BCUT2D eigenvalue weighted by molar-refractivity contribution is 0.149. The Morgan fingerprint density at radius 1 is 1.03 bits per heavy atom. The first-order chi connectivity index (χ1) is 14.1. The molecule has 0 radical (unpaired) electrons. The maximum Gasteiger partial charge on any atom is 0.132 e. The Hall–Kier alpha value is -2.67. The quantitative estimate of drug-likeness (QED) is 0.713. The molecule has 4 heterocycles.